The van der Waals surface area contributed by atoms with Crippen LogP contribution in [0.2, 0.25) is 0 Å². The van der Waals surface area contributed by atoms with Crippen molar-refractivity contribution in [3.05, 3.63) is 60.8 Å². The predicted octanol–water partition coefficient (Wildman–Crippen LogP) is 4.29. The van der Waals surface area contributed by atoms with Gasteiger partial charge in [-0.2, -0.15) is 4.98 Å². The fourth-order valence-corrected chi connectivity index (χ4v) is 3.74. The smallest absolute Gasteiger partial charge is 0.274 e. The van der Waals surface area contributed by atoms with Gasteiger partial charge < -0.3 is 23.9 Å². The van der Waals surface area contributed by atoms with E-state index in [2.05, 4.69) is 15.5 Å². The fourth-order valence-electron chi connectivity index (χ4n) is 3.28. The van der Waals surface area contributed by atoms with E-state index in [1.807, 2.05) is 60.9 Å². The number of nitrogens with zero attached hydrogens (tertiary/aromatic N) is 3. The average molecular weight is 434 g/mol. The lowest BCUT2D eigenvalue weighted by atomic mass is 10.2. The summed E-state index contributed by atoms with van der Waals surface area (Å²) in [5, 5.41) is 7.00. The predicted molar refractivity (Wildman–Crippen MR) is 116 cm³/mol. The number of thioether (sulfide) groups is 1. The Morgan fingerprint density at radius 1 is 1.13 bits per heavy atom. The molecule has 1 aliphatic rings. The quantitative estimate of drug-likeness (QED) is 0.453. The van der Waals surface area contributed by atoms with E-state index in [1.54, 1.807) is 22.5 Å². The molecule has 0 fully saturated rings. The van der Waals surface area contributed by atoms with Crippen LogP contribution in [0.3, 0.4) is 0 Å². The third kappa shape index (κ3) is 3.99. The van der Waals surface area contributed by atoms with Crippen molar-refractivity contribution >= 4 is 23.4 Å². The van der Waals surface area contributed by atoms with Gasteiger partial charge in [0, 0.05) is 22.3 Å². The minimum atomic E-state index is -0.147. The van der Waals surface area contributed by atoms with Crippen LogP contribution < -0.4 is 14.8 Å². The molecule has 0 unspecified atom stereocenters. The molecule has 4 aromatic rings. The molecule has 3 heterocycles. The van der Waals surface area contributed by atoms with Gasteiger partial charge in [0.25, 0.3) is 5.89 Å². The molecule has 0 radical (unpaired) electrons. The first kappa shape index (κ1) is 19.3. The average Bonchev–Trinajstić information content (AvgIpc) is 3.53. The van der Waals surface area contributed by atoms with Crippen molar-refractivity contribution < 1.29 is 18.8 Å². The summed E-state index contributed by atoms with van der Waals surface area (Å²) in [6.45, 7) is 0.320. The molecule has 0 saturated heterocycles. The van der Waals surface area contributed by atoms with E-state index in [0.717, 1.165) is 16.1 Å². The normalized spacial score (nSPS) is 12.2. The highest BCUT2D eigenvalue weighted by Gasteiger charge is 2.19. The van der Waals surface area contributed by atoms with Gasteiger partial charge in [-0.05, 0) is 54.8 Å². The van der Waals surface area contributed by atoms with Crippen LogP contribution in [0.4, 0.5) is 5.69 Å². The Labute approximate surface area is 182 Å². The van der Waals surface area contributed by atoms with Crippen molar-refractivity contribution in [3.8, 4) is 34.5 Å². The monoisotopic (exact) mass is 434 g/mol. The highest BCUT2D eigenvalue weighted by molar-refractivity contribution is 7.98. The van der Waals surface area contributed by atoms with Gasteiger partial charge in [-0.3, -0.25) is 4.79 Å². The summed E-state index contributed by atoms with van der Waals surface area (Å²) in [5.74, 6) is 1.95. The zero-order chi connectivity index (χ0) is 21.2. The summed E-state index contributed by atoms with van der Waals surface area (Å²) in [6.07, 6.45) is 3.80. The van der Waals surface area contributed by atoms with Gasteiger partial charge in [0.2, 0.25) is 18.5 Å². The highest BCUT2D eigenvalue weighted by Crippen LogP contribution is 2.35. The van der Waals surface area contributed by atoms with Gasteiger partial charge in [0.15, 0.2) is 11.5 Å². The molecular formula is C22H18N4O4S. The number of hydrogen-bond acceptors (Lipinski definition) is 7. The molecule has 0 spiro atoms. The topological polar surface area (TPSA) is 91.4 Å². The molecule has 5 rings (SSSR count). The van der Waals surface area contributed by atoms with Crippen molar-refractivity contribution in [1.29, 1.82) is 0 Å². The number of anilines is 1. The lowest BCUT2D eigenvalue weighted by Gasteiger charge is -2.09. The van der Waals surface area contributed by atoms with Gasteiger partial charge >= 0.3 is 0 Å². The van der Waals surface area contributed by atoms with Crippen LogP contribution in [0.15, 0.2) is 70.2 Å². The van der Waals surface area contributed by atoms with Crippen molar-refractivity contribution in [3.63, 3.8) is 0 Å². The molecule has 2 aromatic carbocycles. The van der Waals surface area contributed by atoms with Crippen molar-refractivity contribution in [2.24, 2.45) is 0 Å². The first-order valence-electron chi connectivity index (χ1n) is 9.53. The molecule has 1 aliphatic heterocycles. The number of benzene rings is 2. The summed E-state index contributed by atoms with van der Waals surface area (Å²) in [6, 6.07) is 16.9. The number of aromatic nitrogens is 3. The highest BCUT2D eigenvalue weighted by atomic mass is 32.2. The first-order valence-corrected chi connectivity index (χ1v) is 10.8. The third-order valence-corrected chi connectivity index (χ3v) is 5.50. The Balaban J connectivity index is 1.33. The zero-order valence-electron chi connectivity index (χ0n) is 16.6. The Kier molecular flexibility index (Phi) is 5.09. The molecule has 0 bridgehead atoms. The maximum atomic E-state index is 12.6. The number of nitrogens with one attached hydrogen (secondary N) is 1. The second-order valence-electron chi connectivity index (χ2n) is 6.79. The number of fused-ring (bicyclic) bond motifs is 1. The van der Waals surface area contributed by atoms with E-state index in [9.17, 15) is 4.79 Å². The molecule has 31 heavy (non-hydrogen) atoms. The van der Waals surface area contributed by atoms with E-state index in [0.29, 0.717) is 28.9 Å². The van der Waals surface area contributed by atoms with E-state index in [4.69, 9.17) is 14.0 Å². The molecule has 0 aliphatic carbocycles. The van der Waals surface area contributed by atoms with E-state index in [1.165, 1.54) is 0 Å². The SMILES string of the molecule is CSc1cccc(NC(=O)Cn2cccc2-c2nc(-c3ccc4c(c3)OCO4)no2)c1. The molecule has 9 heteroatoms. The second kappa shape index (κ2) is 8.19. The van der Waals surface area contributed by atoms with Crippen LogP contribution in [0.25, 0.3) is 23.0 Å². The molecule has 156 valence electrons. The number of rotatable bonds is 6. The van der Waals surface area contributed by atoms with E-state index >= 15 is 0 Å². The standard InChI is InChI=1S/C22H18N4O4S/c1-31-16-5-2-4-15(11-16)23-20(27)12-26-9-3-6-17(26)22-24-21(25-30-22)14-7-8-18-19(10-14)29-13-28-18/h2-11H,12-13H2,1H3,(H,23,27). The third-order valence-electron chi connectivity index (χ3n) is 4.77. The largest absolute Gasteiger partial charge is 0.454 e. The summed E-state index contributed by atoms with van der Waals surface area (Å²) < 4.78 is 18.0. The number of amides is 1. The Bertz CT molecular complexity index is 1250. The molecular weight excluding hydrogens is 416 g/mol. The summed E-state index contributed by atoms with van der Waals surface area (Å²) in [7, 11) is 0. The molecule has 0 saturated carbocycles. The summed E-state index contributed by atoms with van der Waals surface area (Å²) >= 11 is 1.62. The molecule has 2 aromatic heterocycles. The second-order valence-corrected chi connectivity index (χ2v) is 7.67. The summed E-state index contributed by atoms with van der Waals surface area (Å²) in [5.41, 5.74) is 2.17. The van der Waals surface area contributed by atoms with Crippen molar-refractivity contribution in [1.82, 2.24) is 14.7 Å². The Morgan fingerprint density at radius 3 is 2.94 bits per heavy atom. The molecule has 8 nitrogen and oxygen atoms in total. The van der Waals surface area contributed by atoms with Gasteiger partial charge in [0.1, 0.15) is 12.2 Å². The lowest BCUT2D eigenvalue weighted by Crippen LogP contribution is -2.18. The molecule has 0 atom stereocenters. The van der Waals surface area contributed by atoms with Crippen molar-refractivity contribution in [2.75, 3.05) is 18.4 Å². The van der Waals surface area contributed by atoms with Gasteiger partial charge in [0.05, 0.1) is 0 Å². The van der Waals surface area contributed by atoms with Crippen LogP contribution in [-0.4, -0.2) is 33.7 Å². The molecule has 1 amide bonds. The van der Waals surface area contributed by atoms with E-state index in [-0.39, 0.29) is 19.2 Å². The fraction of sp³-hybridized carbons (Fsp3) is 0.136. The number of hydrogen-bond donors (Lipinski definition) is 1. The lowest BCUT2D eigenvalue weighted by molar-refractivity contribution is -0.116. The maximum absolute atomic E-state index is 12.6. The molecule has 1 N–H and O–H groups in total. The zero-order valence-corrected chi connectivity index (χ0v) is 17.4. The van der Waals surface area contributed by atoms with Crippen LogP contribution in [0.5, 0.6) is 11.5 Å². The Morgan fingerprint density at radius 2 is 2.03 bits per heavy atom. The van der Waals surface area contributed by atoms with Crippen LogP contribution in [-0.2, 0) is 11.3 Å². The van der Waals surface area contributed by atoms with Gasteiger partial charge in [-0.25, -0.2) is 0 Å². The van der Waals surface area contributed by atoms with Crippen LogP contribution in [0.1, 0.15) is 0 Å². The number of ether oxygens (including phenoxy) is 2. The maximum Gasteiger partial charge on any atom is 0.274 e. The number of carbonyl (C=O) groups is 1. The van der Waals surface area contributed by atoms with E-state index < -0.39 is 0 Å². The minimum Gasteiger partial charge on any atom is -0.454 e. The Hall–Kier alpha value is -3.72. The minimum absolute atomic E-state index is 0.119. The van der Waals surface area contributed by atoms with Crippen molar-refractivity contribution in [2.45, 2.75) is 11.4 Å². The number of carbonyl (C=O) groups excluding carboxylic acids is 1. The first-order chi connectivity index (χ1) is 15.2. The summed E-state index contributed by atoms with van der Waals surface area (Å²) in [4.78, 5) is 18.1. The van der Waals surface area contributed by atoms with Gasteiger partial charge in [-0.1, -0.05) is 11.2 Å². The van der Waals surface area contributed by atoms with Gasteiger partial charge in [-0.15, -0.1) is 11.8 Å². The van der Waals surface area contributed by atoms with Crippen LogP contribution >= 0.6 is 11.8 Å². The van der Waals surface area contributed by atoms with Crippen LogP contribution in [0, 0.1) is 0 Å².